The number of amides is 2. The van der Waals surface area contributed by atoms with Gasteiger partial charge in [-0.1, -0.05) is 36.4 Å². The molecule has 0 bridgehead atoms. The number of nitrogens with one attached hydrogen (secondary N) is 2. The highest BCUT2D eigenvalue weighted by Crippen LogP contribution is 2.10. The van der Waals surface area contributed by atoms with E-state index in [-0.39, 0.29) is 24.3 Å². The Morgan fingerprint density at radius 2 is 1.81 bits per heavy atom. The number of benzene rings is 1. The van der Waals surface area contributed by atoms with Crippen LogP contribution in [-0.4, -0.2) is 35.0 Å². The largest absolute Gasteiger partial charge is 0.481 e. The fourth-order valence-electron chi connectivity index (χ4n) is 2.45. The first-order chi connectivity index (χ1) is 12.5. The van der Waals surface area contributed by atoms with Crippen LogP contribution in [0.5, 0.6) is 0 Å². The zero-order valence-corrected chi connectivity index (χ0v) is 15.3. The van der Waals surface area contributed by atoms with Gasteiger partial charge in [-0.05, 0) is 30.4 Å². The standard InChI is InChI=1S/C19H22N2O4S/c1-13(9-10-17(22)23)20-18(24)15(12-14-6-3-2-4-7-14)21-19(25)16-8-5-11-26-16/h2-8,11,13,15H,9-10,12H2,1H3,(H,20,24)(H,21,25)(H,22,23). The molecule has 7 heteroatoms. The molecule has 0 fully saturated rings. The van der Waals surface area contributed by atoms with E-state index in [9.17, 15) is 14.4 Å². The third-order valence-corrected chi connectivity index (χ3v) is 4.70. The van der Waals surface area contributed by atoms with E-state index in [1.807, 2.05) is 30.3 Å². The van der Waals surface area contributed by atoms with Crippen LogP contribution in [0.1, 0.15) is 35.0 Å². The lowest BCUT2D eigenvalue weighted by molar-refractivity contribution is -0.137. The first-order valence-electron chi connectivity index (χ1n) is 8.36. The second-order valence-electron chi connectivity index (χ2n) is 6.04. The lowest BCUT2D eigenvalue weighted by Crippen LogP contribution is -2.50. The van der Waals surface area contributed by atoms with Crippen LogP contribution in [0.3, 0.4) is 0 Å². The molecule has 0 aliphatic carbocycles. The maximum atomic E-state index is 12.6. The number of carboxylic acids is 1. The summed E-state index contributed by atoms with van der Waals surface area (Å²) in [6.45, 7) is 1.75. The Kier molecular flexibility index (Phi) is 7.35. The zero-order chi connectivity index (χ0) is 18.9. The molecule has 0 aliphatic heterocycles. The molecule has 2 amide bonds. The number of aliphatic carboxylic acids is 1. The maximum absolute atomic E-state index is 12.6. The Balaban J connectivity index is 2.04. The second kappa shape index (κ2) is 9.72. The number of carboxylic acid groups (broad SMARTS) is 1. The Hall–Kier alpha value is -2.67. The van der Waals surface area contributed by atoms with Crippen molar-refractivity contribution in [3.63, 3.8) is 0 Å². The molecule has 2 aromatic rings. The summed E-state index contributed by atoms with van der Waals surface area (Å²) >= 11 is 1.31. The highest BCUT2D eigenvalue weighted by atomic mass is 32.1. The van der Waals surface area contributed by atoms with E-state index in [4.69, 9.17) is 5.11 Å². The predicted octanol–water partition coefficient (Wildman–Crippen LogP) is 2.46. The zero-order valence-electron chi connectivity index (χ0n) is 14.5. The van der Waals surface area contributed by atoms with Crippen molar-refractivity contribution in [1.82, 2.24) is 10.6 Å². The minimum Gasteiger partial charge on any atom is -0.481 e. The van der Waals surface area contributed by atoms with Gasteiger partial charge >= 0.3 is 5.97 Å². The quantitative estimate of drug-likeness (QED) is 0.628. The van der Waals surface area contributed by atoms with Crippen molar-refractivity contribution in [2.75, 3.05) is 0 Å². The summed E-state index contributed by atoms with van der Waals surface area (Å²) in [5.41, 5.74) is 0.928. The molecule has 138 valence electrons. The van der Waals surface area contributed by atoms with E-state index < -0.39 is 12.0 Å². The molecule has 1 aromatic carbocycles. The van der Waals surface area contributed by atoms with Crippen LogP contribution in [-0.2, 0) is 16.0 Å². The van der Waals surface area contributed by atoms with Crippen LogP contribution in [0.25, 0.3) is 0 Å². The minimum atomic E-state index is -0.905. The van der Waals surface area contributed by atoms with Gasteiger partial charge < -0.3 is 15.7 Å². The number of hydrogen-bond acceptors (Lipinski definition) is 4. The fourth-order valence-corrected chi connectivity index (χ4v) is 3.08. The molecule has 1 heterocycles. The molecule has 6 nitrogen and oxygen atoms in total. The van der Waals surface area contributed by atoms with Crippen molar-refractivity contribution in [1.29, 1.82) is 0 Å². The lowest BCUT2D eigenvalue weighted by atomic mass is 10.0. The molecule has 0 saturated heterocycles. The molecular weight excluding hydrogens is 352 g/mol. The minimum absolute atomic E-state index is 0.0215. The third-order valence-electron chi connectivity index (χ3n) is 3.83. The van der Waals surface area contributed by atoms with E-state index in [2.05, 4.69) is 10.6 Å². The smallest absolute Gasteiger partial charge is 0.303 e. The molecule has 2 rings (SSSR count). The lowest BCUT2D eigenvalue weighted by Gasteiger charge is -2.21. The van der Waals surface area contributed by atoms with E-state index >= 15 is 0 Å². The molecule has 0 radical (unpaired) electrons. The van der Waals surface area contributed by atoms with Crippen LogP contribution in [0.4, 0.5) is 0 Å². The molecule has 3 N–H and O–H groups in total. The summed E-state index contributed by atoms with van der Waals surface area (Å²) in [6, 6.07) is 11.9. The Morgan fingerprint density at radius 3 is 2.42 bits per heavy atom. The van der Waals surface area contributed by atoms with E-state index in [1.54, 1.807) is 24.4 Å². The summed E-state index contributed by atoms with van der Waals surface area (Å²) in [7, 11) is 0. The van der Waals surface area contributed by atoms with Crippen LogP contribution in [0.15, 0.2) is 47.8 Å². The molecule has 0 spiro atoms. The summed E-state index contributed by atoms with van der Waals surface area (Å²) in [4.78, 5) is 36.2. The SMILES string of the molecule is CC(CCC(=O)O)NC(=O)C(Cc1ccccc1)NC(=O)c1cccs1. The summed E-state index contributed by atoms with van der Waals surface area (Å²) in [5.74, 6) is -1.52. The van der Waals surface area contributed by atoms with Crippen molar-refractivity contribution in [3.8, 4) is 0 Å². The number of rotatable bonds is 9. The van der Waals surface area contributed by atoms with Crippen LogP contribution < -0.4 is 10.6 Å². The van der Waals surface area contributed by atoms with Gasteiger partial charge in [0.1, 0.15) is 6.04 Å². The number of carbonyl (C=O) groups is 3. The van der Waals surface area contributed by atoms with Crippen LogP contribution in [0, 0.1) is 0 Å². The van der Waals surface area contributed by atoms with Gasteiger partial charge in [0.15, 0.2) is 0 Å². The van der Waals surface area contributed by atoms with Crippen molar-refractivity contribution >= 4 is 29.1 Å². The van der Waals surface area contributed by atoms with Gasteiger partial charge in [-0.3, -0.25) is 14.4 Å². The van der Waals surface area contributed by atoms with Crippen LogP contribution in [0.2, 0.25) is 0 Å². The number of carbonyl (C=O) groups excluding carboxylic acids is 2. The van der Waals surface area contributed by atoms with Gasteiger partial charge in [0.05, 0.1) is 4.88 Å². The maximum Gasteiger partial charge on any atom is 0.303 e. The third kappa shape index (κ3) is 6.33. The van der Waals surface area contributed by atoms with Gasteiger partial charge in [0.25, 0.3) is 5.91 Å². The number of thiophene rings is 1. The fraction of sp³-hybridized carbons (Fsp3) is 0.316. The molecule has 1 aromatic heterocycles. The average molecular weight is 374 g/mol. The van der Waals surface area contributed by atoms with E-state index in [0.717, 1.165) is 5.56 Å². The molecule has 26 heavy (non-hydrogen) atoms. The van der Waals surface area contributed by atoms with Gasteiger partial charge in [-0.15, -0.1) is 11.3 Å². The molecule has 2 unspecified atom stereocenters. The van der Waals surface area contributed by atoms with Crippen molar-refractivity contribution in [2.45, 2.75) is 38.3 Å². The Morgan fingerprint density at radius 1 is 1.08 bits per heavy atom. The molecule has 0 saturated carbocycles. The molecule has 2 atom stereocenters. The second-order valence-corrected chi connectivity index (χ2v) is 6.98. The summed E-state index contributed by atoms with van der Waals surface area (Å²) < 4.78 is 0. The highest BCUT2D eigenvalue weighted by Gasteiger charge is 2.23. The van der Waals surface area contributed by atoms with Crippen molar-refractivity contribution in [3.05, 3.63) is 58.3 Å². The molecule has 0 aliphatic rings. The predicted molar refractivity (Wildman–Crippen MR) is 100 cm³/mol. The van der Waals surface area contributed by atoms with Gasteiger partial charge in [0, 0.05) is 18.9 Å². The normalized spacial score (nSPS) is 12.8. The topological polar surface area (TPSA) is 95.5 Å². The van der Waals surface area contributed by atoms with Gasteiger partial charge in [-0.25, -0.2) is 0 Å². The van der Waals surface area contributed by atoms with E-state index in [1.165, 1.54) is 11.3 Å². The summed E-state index contributed by atoms with van der Waals surface area (Å²) in [5, 5.41) is 16.1. The van der Waals surface area contributed by atoms with Crippen molar-refractivity contribution < 1.29 is 19.5 Å². The van der Waals surface area contributed by atoms with Gasteiger partial charge in [-0.2, -0.15) is 0 Å². The van der Waals surface area contributed by atoms with Crippen LogP contribution >= 0.6 is 11.3 Å². The average Bonchev–Trinajstić information content (AvgIpc) is 3.15. The van der Waals surface area contributed by atoms with Gasteiger partial charge in [0.2, 0.25) is 5.91 Å². The van der Waals surface area contributed by atoms with E-state index in [0.29, 0.717) is 17.7 Å². The van der Waals surface area contributed by atoms with Crippen molar-refractivity contribution in [2.24, 2.45) is 0 Å². The Bertz CT molecular complexity index is 731. The summed E-state index contributed by atoms with van der Waals surface area (Å²) in [6.07, 6.45) is 0.666. The Labute approximate surface area is 156 Å². The highest BCUT2D eigenvalue weighted by molar-refractivity contribution is 7.12. The number of hydrogen-bond donors (Lipinski definition) is 3. The molecular formula is C19H22N2O4S. The monoisotopic (exact) mass is 374 g/mol. The first-order valence-corrected chi connectivity index (χ1v) is 9.24. The first kappa shape index (κ1) is 19.7.